The number of nitrogens with one attached hydrogen (secondary N) is 2. The van der Waals surface area contributed by atoms with Crippen molar-refractivity contribution in [3.63, 3.8) is 0 Å². The number of alkyl halides is 3. The van der Waals surface area contributed by atoms with Gasteiger partial charge in [-0.2, -0.15) is 0 Å². The second-order valence-electron chi connectivity index (χ2n) is 8.40. The first kappa shape index (κ1) is 24.0. The van der Waals surface area contributed by atoms with E-state index in [4.69, 9.17) is 0 Å². The molecule has 2 heterocycles. The Morgan fingerprint density at radius 1 is 1.11 bits per heavy atom. The van der Waals surface area contributed by atoms with Crippen LogP contribution in [-0.4, -0.2) is 47.6 Å². The lowest BCUT2D eigenvalue weighted by Crippen LogP contribution is -2.47. The molecule has 0 aliphatic carbocycles. The highest BCUT2D eigenvalue weighted by Crippen LogP contribution is 2.34. The van der Waals surface area contributed by atoms with Crippen LogP contribution in [0.1, 0.15) is 25.8 Å². The van der Waals surface area contributed by atoms with Crippen molar-refractivity contribution in [1.29, 1.82) is 0 Å². The molecule has 1 saturated heterocycles. The van der Waals surface area contributed by atoms with Crippen LogP contribution in [0.4, 0.5) is 29.3 Å². The fourth-order valence-corrected chi connectivity index (χ4v) is 4.21. The normalized spacial score (nSPS) is 22.3. The highest BCUT2D eigenvalue weighted by atomic mass is 19.4. The summed E-state index contributed by atoms with van der Waals surface area (Å²) in [5.74, 6) is -2.08. The van der Waals surface area contributed by atoms with Crippen LogP contribution in [0.5, 0.6) is 5.75 Å². The van der Waals surface area contributed by atoms with Crippen molar-refractivity contribution >= 4 is 35.1 Å². The minimum atomic E-state index is -4.87. The van der Waals surface area contributed by atoms with Crippen LogP contribution in [0.15, 0.2) is 48.5 Å². The van der Waals surface area contributed by atoms with Gasteiger partial charge < -0.3 is 20.3 Å². The summed E-state index contributed by atoms with van der Waals surface area (Å²) in [5, 5.41) is 5.24. The number of carbonyl (C=O) groups excluding carboxylic acids is 4. The molecule has 9 nitrogen and oxygen atoms in total. The molecule has 12 heteroatoms. The number of halogens is 3. The van der Waals surface area contributed by atoms with Gasteiger partial charge in [0.25, 0.3) is 5.91 Å². The van der Waals surface area contributed by atoms with Gasteiger partial charge in [0.1, 0.15) is 17.8 Å². The molecule has 0 bridgehead atoms. The molecule has 2 aliphatic heterocycles. The van der Waals surface area contributed by atoms with Gasteiger partial charge >= 0.3 is 12.4 Å². The smallest absolute Gasteiger partial charge is 0.406 e. The summed E-state index contributed by atoms with van der Waals surface area (Å²) < 4.78 is 41.1. The molecular weight excluding hydrogens is 469 g/mol. The van der Waals surface area contributed by atoms with Crippen molar-refractivity contribution in [1.82, 2.24) is 10.2 Å². The maximum Gasteiger partial charge on any atom is 0.573 e. The molecule has 2 N–H and O–H groups in total. The van der Waals surface area contributed by atoms with E-state index in [1.54, 1.807) is 31.2 Å². The lowest BCUT2D eigenvalue weighted by molar-refractivity contribution is -0.274. The van der Waals surface area contributed by atoms with E-state index in [0.717, 1.165) is 17.0 Å². The van der Waals surface area contributed by atoms with Gasteiger partial charge in [-0.05, 0) is 43.7 Å². The molecule has 2 aromatic carbocycles. The minimum Gasteiger partial charge on any atom is -0.406 e. The SMILES string of the molecule is CC1CC(=O)Nc2ccccc2N1C(=O)CN1C(=O)NC(C)(c2ccc(OC(F)(F)F)cc2)C1=O. The standard InChI is InChI=1S/C23H21F3N4O5/c1-13-11-18(31)27-16-5-3-4-6-17(16)30(13)19(32)12-29-20(33)22(2,28-21(29)34)14-7-9-15(10-8-14)35-23(24,25)26/h3-10,13H,11-12H2,1-2H3,(H,27,31)(H,28,34). The van der Waals surface area contributed by atoms with Crippen LogP contribution in [0, 0.1) is 0 Å². The highest BCUT2D eigenvalue weighted by molar-refractivity contribution is 6.12. The molecule has 2 atom stereocenters. The number of hydrogen-bond acceptors (Lipinski definition) is 5. The lowest BCUT2D eigenvalue weighted by Gasteiger charge is -2.29. The van der Waals surface area contributed by atoms with Crippen molar-refractivity contribution in [3.8, 4) is 5.75 Å². The van der Waals surface area contributed by atoms with E-state index in [1.807, 2.05) is 0 Å². The van der Waals surface area contributed by atoms with Gasteiger partial charge in [0, 0.05) is 12.5 Å². The Morgan fingerprint density at radius 2 is 1.77 bits per heavy atom. The summed E-state index contributed by atoms with van der Waals surface area (Å²) in [6.45, 7) is 2.48. The van der Waals surface area contributed by atoms with Crippen LogP contribution >= 0.6 is 0 Å². The van der Waals surface area contributed by atoms with Crippen molar-refractivity contribution in [2.45, 2.75) is 38.2 Å². The average molecular weight is 490 g/mol. The van der Waals surface area contributed by atoms with Crippen molar-refractivity contribution in [3.05, 3.63) is 54.1 Å². The maximum absolute atomic E-state index is 13.3. The highest BCUT2D eigenvalue weighted by Gasteiger charge is 2.50. The van der Waals surface area contributed by atoms with E-state index in [1.165, 1.54) is 24.0 Å². The van der Waals surface area contributed by atoms with Gasteiger partial charge in [-0.25, -0.2) is 4.79 Å². The Labute approximate surface area is 197 Å². The number of carbonyl (C=O) groups is 4. The summed E-state index contributed by atoms with van der Waals surface area (Å²) in [7, 11) is 0. The third-order valence-electron chi connectivity index (χ3n) is 5.86. The molecule has 184 valence electrons. The summed E-state index contributed by atoms with van der Waals surface area (Å²) >= 11 is 0. The number of ether oxygens (including phenoxy) is 1. The average Bonchev–Trinajstić information content (AvgIpc) is 2.89. The number of fused-ring (bicyclic) bond motifs is 1. The third kappa shape index (κ3) is 4.63. The number of hydrogen-bond donors (Lipinski definition) is 2. The van der Waals surface area contributed by atoms with E-state index >= 15 is 0 Å². The fraction of sp³-hybridized carbons (Fsp3) is 0.304. The maximum atomic E-state index is 13.3. The number of nitrogens with zero attached hydrogens (tertiary/aromatic N) is 2. The van der Waals surface area contributed by atoms with E-state index in [2.05, 4.69) is 15.4 Å². The quantitative estimate of drug-likeness (QED) is 0.641. The predicted octanol–water partition coefficient (Wildman–Crippen LogP) is 3.12. The molecule has 4 rings (SSSR count). The summed E-state index contributed by atoms with van der Waals surface area (Å²) in [6, 6.07) is 9.84. The van der Waals surface area contributed by atoms with Crippen LogP contribution in [0.2, 0.25) is 0 Å². The van der Waals surface area contributed by atoms with Gasteiger partial charge in [-0.3, -0.25) is 19.3 Å². The van der Waals surface area contributed by atoms with Crippen molar-refractivity contribution < 1.29 is 37.1 Å². The van der Waals surface area contributed by atoms with E-state index < -0.39 is 48.1 Å². The van der Waals surface area contributed by atoms with Gasteiger partial charge in [-0.15, -0.1) is 13.2 Å². The summed E-state index contributed by atoms with van der Waals surface area (Å²) in [6.07, 6.45) is -4.85. The monoisotopic (exact) mass is 490 g/mol. The first-order valence-electron chi connectivity index (χ1n) is 10.6. The number of benzene rings is 2. The molecule has 0 aromatic heterocycles. The Balaban J connectivity index is 1.56. The second kappa shape index (κ2) is 8.60. The number of imide groups is 1. The topological polar surface area (TPSA) is 108 Å². The van der Waals surface area contributed by atoms with Crippen LogP contribution in [0.25, 0.3) is 0 Å². The van der Waals surface area contributed by atoms with Gasteiger partial charge in [0.15, 0.2) is 0 Å². The van der Waals surface area contributed by atoms with Crippen LogP contribution in [-0.2, 0) is 19.9 Å². The zero-order valence-electron chi connectivity index (χ0n) is 18.7. The minimum absolute atomic E-state index is 0.0185. The van der Waals surface area contributed by atoms with Gasteiger partial charge in [0.2, 0.25) is 11.8 Å². The molecule has 2 unspecified atom stereocenters. The Hall–Kier alpha value is -4.09. The molecule has 0 spiro atoms. The van der Waals surface area contributed by atoms with Crippen LogP contribution < -0.4 is 20.3 Å². The number of rotatable bonds is 4. The van der Waals surface area contributed by atoms with E-state index in [-0.39, 0.29) is 17.9 Å². The van der Waals surface area contributed by atoms with Crippen molar-refractivity contribution in [2.75, 3.05) is 16.8 Å². The first-order chi connectivity index (χ1) is 16.4. The fourth-order valence-electron chi connectivity index (χ4n) is 4.21. The zero-order chi connectivity index (χ0) is 25.5. The number of urea groups is 1. The molecule has 35 heavy (non-hydrogen) atoms. The lowest BCUT2D eigenvalue weighted by atomic mass is 9.92. The molecule has 1 fully saturated rings. The molecule has 0 radical (unpaired) electrons. The summed E-state index contributed by atoms with van der Waals surface area (Å²) in [4.78, 5) is 53.5. The van der Waals surface area contributed by atoms with E-state index in [9.17, 15) is 32.3 Å². The Morgan fingerprint density at radius 3 is 2.43 bits per heavy atom. The van der Waals surface area contributed by atoms with Gasteiger partial charge in [-0.1, -0.05) is 24.3 Å². The Kier molecular flexibility index (Phi) is 5.91. The second-order valence-corrected chi connectivity index (χ2v) is 8.40. The number of para-hydroxylation sites is 2. The molecule has 2 aromatic rings. The third-order valence-corrected chi connectivity index (χ3v) is 5.86. The molecule has 0 saturated carbocycles. The first-order valence-corrected chi connectivity index (χ1v) is 10.6. The number of anilines is 2. The van der Waals surface area contributed by atoms with Gasteiger partial charge in [0.05, 0.1) is 11.4 Å². The number of amides is 5. The predicted molar refractivity (Wildman–Crippen MR) is 117 cm³/mol. The van der Waals surface area contributed by atoms with Crippen LogP contribution in [0.3, 0.4) is 0 Å². The molecule has 5 amide bonds. The molecular formula is C23H21F3N4O5. The van der Waals surface area contributed by atoms with E-state index in [0.29, 0.717) is 11.4 Å². The Bertz CT molecular complexity index is 1200. The van der Waals surface area contributed by atoms with Crippen molar-refractivity contribution in [2.24, 2.45) is 0 Å². The zero-order valence-corrected chi connectivity index (χ0v) is 18.7. The summed E-state index contributed by atoms with van der Waals surface area (Å²) in [5.41, 5.74) is -0.526. The largest absolute Gasteiger partial charge is 0.573 e. The molecule has 2 aliphatic rings.